The van der Waals surface area contributed by atoms with Crippen LogP contribution in [0.3, 0.4) is 0 Å². The van der Waals surface area contributed by atoms with E-state index < -0.39 is 0 Å². The monoisotopic (exact) mass is 279 g/mol. The van der Waals surface area contributed by atoms with Crippen molar-refractivity contribution in [2.24, 2.45) is 0 Å². The molecule has 0 atom stereocenters. The lowest BCUT2D eigenvalue weighted by Crippen LogP contribution is -2.31. The van der Waals surface area contributed by atoms with Crippen molar-refractivity contribution in [3.63, 3.8) is 0 Å². The predicted molar refractivity (Wildman–Crippen MR) is 84.6 cm³/mol. The van der Waals surface area contributed by atoms with Crippen LogP contribution < -0.4 is 4.90 Å². The van der Waals surface area contributed by atoms with Crippen LogP contribution in [0.2, 0.25) is 0 Å². The number of aryl methyl sites for hydroxylation is 1. The molecule has 21 heavy (non-hydrogen) atoms. The van der Waals surface area contributed by atoms with Crippen LogP contribution in [0, 0.1) is 6.92 Å². The number of hydrogen-bond acceptors (Lipinski definition) is 2. The standard InChI is InChI=1S/C17H17N3O/c1-3-20(13-10-8-12(2)9-11-13)17(21)16-14-6-4-5-7-15(14)18-19-16/h4-11H,3H2,1-2H3,(H,18,19). The van der Waals surface area contributed by atoms with Gasteiger partial charge >= 0.3 is 0 Å². The van der Waals surface area contributed by atoms with Crippen molar-refractivity contribution in [1.82, 2.24) is 10.2 Å². The van der Waals surface area contributed by atoms with Gasteiger partial charge in [0.25, 0.3) is 5.91 Å². The minimum absolute atomic E-state index is 0.0844. The number of H-pyrrole nitrogens is 1. The second-order valence-corrected chi connectivity index (χ2v) is 5.00. The number of carbonyl (C=O) groups excluding carboxylic acids is 1. The van der Waals surface area contributed by atoms with Crippen molar-refractivity contribution in [1.29, 1.82) is 0 Å². The first kappa shape index (κ1) is 13.4. The zero-order valence-electron chi connectivity index (χ0n) is 12.1. The summed E-state index contributed by atoms with van der Waals surface area (Å²) in [5.41, 5.74) is 3.40. The first-order valence-corrected chi connectivity index (χ1v) is 7.02. The van der Waals surface area contributed by atoms with Gasteiger partial charge in [-0.25, -0.2) is 0 Å². The molecule has 0 saturated carbocycles. The van der Waals surface area contributed by atoms with Gasteiger partial charge in [0.15, 0.2) is 5.69 Å². The van der Waals surface area contributed by atoms with Crippen LogP contribution in [0.15, 0.2) is 48.5 Å². The number of fused-ring (bicyclic) bond motifs is 1. The summed E-state index contributed by atoms with van der Waals surface area (Å²) in [4.78, 5) is 14.5. The molecule has 0 spiro atoms. The number of amides is 1. The third-order valence-electron chi connectivity index (χ3n) is 3.58. The van der Waals surface area contributed by atoms with Gasteiger partial charge in [0, 0.05) is 17.6 Å². The Bertz CT molecular complexity index is 774. The summed E-state index contributed by atoms with van der Waals surface area (Å²) in [6.45, 7) is 4.60. The molecule has 1 aromatic heterocycles. The van der Waals surface area contributed by atoms with E-state index in [-0.39, 0.29) is 5.91 Å². The topological polar surface area (TPSA) is 49.0 Å². The van der Waals surface area contributed by atoms with Gasteiger partial charge in [0.2, 0.25) is 0 Å². The number of para-hydroxylation sites is 1. The molecular weight excluding hydrogens is 262 g/mol. The quantitative estimate of drug-likeness (QED) is 0.797. The fourth-order valence-electron chi connectivity index (χ4n) is 2.42. The summed E-state index contributed by atoms with van der Waals surface area (Å²) in [6.07, 6.45) is 0. The molecule has 0 bridgehead atoms. The van der Waals surface area contributed by atoms with E-state index in [1.807, 2.05) is 62.4 Å². The van der Waals surface area contributed by atoms with Gasteiger partial charge in [-0.3, -0.25) is 9.89 Å². The average Bonchev–Trinajstić information content (AvgIpc) is 2.94. The summed E-state index contributed by atoms with van der Waals surface area (Å²) < 4.78 is 0. The molecule has 4 nitrogen and oxygen atoms in total. The number of nitrogens with one attached hydrogen (secondary N) is 1. The van der Waals surface area contributed by atoms with Crippen molar-refractivity contribution in [2.75, 3.05) is 11.4 Å². The Morgan fingerprint density at radius 1 is 1.14 bits per heavy atom. The Kier molecular flexibility index (Phi) is 3.44. The summed E-state index contributed by atoms with van der Waals surface area (Å²) in [5.74, 6) is -0.0844. The SMILES string of the molecule is CCN(C(=O)c1n[nH]c2ccccc12)c1ccc(C)cc1. The van der Waals surface area contributed by atoms with Crippen LogP contribution in [0.25, 0.3) is 10.9 Å². The van der Waals surface area contributed by atoms with E-state index in [2.05, 4.69) is 10.2 Å². The van der Waals surface area contributed by atoms with Crippen LogP contribution in [0.5, 0.6) is 0 Å². The van der Waals surface area contributed by atoms with E-state index in [0.717, 1.165) is 16.6 Å². The zero-order chi connectivity index (χ0) is 14.8. The van der Waals surface area contributed by atoms with Crippen LogP contribution in [-0.4, -0.2) is 22.6 Å². The molecule has 3 aromatic rings. The van der Waals surface area contributed by atoms with Crippen molar-refractivity contribution in [3.8, 4) is 0 Å². The second kappa shape index (κ2) is 5.40. The lowest BCUT2D eigenvalue weighted by molar-refractivity contribution is 0.0985. The first-order valence-electron chi connectivity index (χ1n) is 7.02. The molecule has 3 rings (SSSR count). The van der Waals surface area contributed by atoms with Crippen LogP contribution in [0.4, 0.5) is 5.69 Å². The van der Waals surface area contributed by atoms with E-state index in [0.29, 0.717) is 12.2 Å². The maximum Gasteiger partial charge on any atom is 0.279 e. The van der Waals surface area contributed by atoms with Crippen molar-refractivity contribution in [3.05, 3.63) is 59.8 Å². The number of hydrogen-bond donors (Lipinski definition) is 1. The Balaban J connectivity index is 2.01. The average molecular weight is 279 g/mol. The number of anilines is 1. The molecule has 0 unspecified atom stereocenters. The minimum atomic E-state index is -0.0844. The van der Waals surface area contributed by atoms with E-state index in [4.69, 9.17) is 0 Å². The van der Waals surface area contributed by atoms with Crippen LogP contribution in [0.1, 0.15) is 23.0 Å². The zero-order valence-corrected chi connectivity index (χ0v) is 12.1. The smallest absolute Gasteiger partial charge is 0.279 e. The summed E-state index contributed by atoms with van der Waals surface area (Å²) in [6, 6.07) is 15.6. The minimum Gasteiger partial charge on any atom is -0.307 e. The van der Waals surface area contributed by atoms with E-state index in [1.54, 1.807) is 4.90 Å². The third-order valence-corrected chi connectivity index (χ3v) is 3.58. The predicted octanol–water partition coefficient (Wildman–Crippen LogP) is 3.54. The van der Waals surface area contributed by atoms with Gasteiger partial charge in [-0.15, -0.1) is 0 Å². The molecular formula is C17H17N3O. The fraction of sp³-hybridized carbons (Fsp3) is 0.176. The molecule has 0 fully saturated rings. The Morgan fingerprint density at radius 2 is 1.86 bits per heavy atom. The molecule has 1 heterocycles. The number of aromatic amines is 1. The van der Waals surface area contributed by atoms with E-state index in [9.17, 15) is 4.79 Å². The molecule has 0 saturated heterocycles. The number of aromatic nitrogens is 2. The first-order chi connectivity index (χ1) is 10.2. The molecule has 1 amide bonds. The molecule has 0 aliphatic carbocycles. The lowest BCUT2D eigenvalue weighted by Gasteiger charge is -2.20. The Hall–Kier alpha value is -2.62. The highest BCUT2D eigenvalue weighted by Gasteiger charge is 2.20. The summed E-state index contributed by atoms with van der Waals surface area (Å²) in [7, 11) is 0. The highest BCUT2D eigenvalue weighted by atomic mass is 16.2. The molecule has 0 aliphatic rings. The number of rotatable bonds is 3. The second-order valence-electron chi connectivity index (χ2n) is 5.00. The van der Waals surface area contributed by atoms with Crippen LogP contribution in [-0.2, 0) is 0 Å². The van der Waals surface area contributed by atoms with Gasteiger partial charge in [0.1, 0.15) is 0 Å². The van der Waals surface area contributed by atoms with E-state index >= 15 is 0 Å². The highest BCUT2D eigenvalue weighted by molar-refractivity contribution is 6.12. The highest BCUT2D eigenvalue weighted by Crippen LogP contribution is 2.21. The van der Waals surface area contributed by atoms with Gasteiger partial charge in [-0.1, -0.05) is 35.9 Å². The van der Waals surface area contributed by atoms with Crippen molar-refractivity contribution in [2.45, 2.75) is 13.8 Å². The number of benzene rings is 2. The molecule has 4 heteroatoms. The molecule has 0 aliphatic heterocycles. The fourth-order valence-corrected chi connectivity index (χ4v) is 2.42. The maximum absolute atomic E-state index is 12.8. The molecule has 0 radical (unpaired) electrons. The van der Waals surface area contributed by atoms with Gasteiger partial charge in [-0.05, 0) is 32.0 Å². The van der Waals surface area contributed by atoms with Gasteiger partial charge < -0.3 is 4.90 Å². The van der Waals surface area contributed by atoms with Gasteiger partial charge in [-0.2, -0.15) is 5.10 Å². The third kappa shape index (κ3) is 2.40. The molecule has 1 N–H and O–H groups in total. The molecule has 2 aromatic carbocycles. The van der Waals surface area contributed by atoms with Crippen molar-refractivity contribution < 1.29 is 4.79 Å². The maximum atomic E-state index is 12.8. The number of nitrogens with zero attached hydrogens (tertiary/aromatic N) is 2. The lowest BCUT2D eigenvalue weighted by atomic mass is 10.1. The van der Waals surface area contributed by atoms with Crippen molar-refractivity contribution >= 4 is 22.5 Å². The summed E-state index contributed by atoms with van der Waals surface area (Å²) >= 11 is 0. The molecule has 106 valence electrons. The van der Waals surface area contributed by atoms with Gasteiger partial charge in [0.05, 0.1) is 5.52 Å². The normalized spacial score (nSPS) is 10.8. The summed E-state index contributed by atoms with van der Waals surface area (Å²) in [5, 5.41) is 7.96. The van der Waals surface area contributed by atoms with Crippen LogP contribution >= 0.6 is 0 Å². The number of carbonyl (C=O) groups is 1. The largest absolute Gasteiger partial charge is 0.307 e. The Morgan fingerprint density at radius 3 is 2.57 bits per heavy atom. The Labute approximate surface area is 123 Å². The van der Waals surface area contributed by atoms with E-state index in [1.165, 1.54) is 5.56 Å².